The minimum absolute atomic E-state index is 0.0621. The summed E-state index contributed by atoms with van der Waals surface area (Å²) in [7, 11) is 1.58. The standard InChI is InChI=1S/C44H84NO9P/c1-6-8-10-12-14-15-16-17-18-19-20-21-22-23-28-32-37-51-41(40-54-55(49,50)53-38-36-45(3,4)5)39-52-44(48)35-31-27-24-26-30-34-43(47)42(46)33-29-25-13-11-9-7-2/h17-18,25,29,32,37,41-43,46-47H,6-16,19-24,26-28,30-31,33-36,38-40H2,1-5H3/p+1/b18-17-,29-25-,37-32+/t41-,42-,43-/m1/s1. The first kappa shape index (κ1) is 53.5. The number of carbonyl (C=O) groups is 1. The molecule has 0 fully saturated rings. The maximum absolute atomic E-state index is 12.5. The maximum atomic E-state index is 12.5. The average molecular weight is 803 g/mol. The van der Waals surface area contributed by atoms with Crippen LogP contribution >= 0.6 is 7.82 Å². The second kappa shape index (κ2) is 36.8. The molecule has 1 unspecified atom stereocenters. The van der Waals surface area contributed by atoms with E-state index in [1.54, 1.807) is 6.26 Å². The summed E-state index contributed by atoms with van der Waals surface area (Å²) in [6, 6.07) is 0. The average Bonchev–Trinajstić information content (AvgIpc) is 3.13. The van der Waals surface area contributed by atoms with Crippen molar-refractivity contribution in [3.05, 3.63) is 36.6 Å². The van der Waals surface area contributed by atoms with E-state index >= 15 is 0 Å². The smallest absolute Gasteiger partial charge is 0.472 e. The van der Waals surface area contributed by atoms with Gasteiger partial charge in [0.15, 0.2) is 6.10 Å². The van der Waals surface area contributed by atoms with Gasteiger partial charge in [0.2, 0.25) is 0 Å². The van der Waals surface area contributed by atoms with Crippen molar-refractivity contribution in [1.29, 1.82) is 0 Å². The molecular weight excluding hydrogens is 717 g/mol. The van der Waals surface area contributed by atoms with E-state index in [1.165, 1.54) is 70.6 Å². The zero-order valence-corrected chi connectivity index (χ0v) is 36.8. The number of aliphatic hydroxyl groups excluding tert-OH is 2. The number of hydrogen-bond donors (Lipinski definition) is 3. The molecule has 55 heavy (non-hydrogen) atoms. The van der Waals surface area contributed by atoms with Crippen LogP contribution in [0.15, 0.2) is 36.6 Å². The number of hydrogen-bond acceptors (Lipinski definition) is 8. The number of likely N-dealkylation sites (N-methyl/N-ethyl adjacent to an activating group) is 1. The van der Waals surface area contributed by atoms with Crippen LogP contribution in [0.4, 0.5) is 0 Å². The maximum Gasteiger partial charge on any atom is 0.472 e. The number of carbonyl (C=O) groups excluding carboxylic acids is 1. The fourth-order valence-electron chi connectivity index (χ4n) is 5.79. The number of phosphoric acid groups is 1. The lowest BCUT2D eigenvalue weighted by Gasteiger charge is -2.24. The molecule has 0 saturated carbocycles. The second-order valence-corrected chi connectivity index (χ2v) is 17.5. The summed E-state index contributed by atoms with van der Waals surface area (Å²) in [5.74, 6) is -0.359. The number of allylic oxidation sites excluding steroid dienone is 4. The number of aliphatic hydroxyl groups is 2. The molecular formula is C44H85NO9P+. The van der Waals surface area contributed by atoms with Crippen molar-refractivity contribution in [2.24, 2.45) is 0 Å². The summed E-state index contributed by atoms with van der Waals surface area (Å²) in [6.45, 7) is 4.65. The lowest BCUT2D eigenvalue weighted by atomic mass is 10.0. The first-order valence-corrected chi connectivity index (χ1v) is 23.4. The summed E-state index contributed by atoms with van der Waals surface area (Å²) >= 11 is 0. The summed E-state index contributed by atoms with van der Waals surface area (Å²) in [4.78, 5) is 22.7. The molecule has 0 amide bonds. The third kappa shape index (κ3) is 39.1. The van der Waals surface area contributed by atoms with Crippen LogP contribution in [-0.2, 0) is 27.9 Å². The number of esters is 1. The van der Waals surface area contributed by atoms with Gasteiger partial charge in [-0.2, -0.15) is 0 Å². The van der Waals surface area contributed by atoms with Crippen molar-refractivity contribution in [2.75, 3.05) is 47.5 Å². The predicted octanol–water partition coefficient (Wildman–Crippen LogP) is 10.9. The van der Waals surface area contributed by atoms with E-state index in [0.717, 1.165) is 64.2 Å². The summed E-state index contributed by atoms with van der Waals surface area (Å²) in [5, 5.41) is 20.5. The van der Waals surface area contributed by atoms with Crippen LogP contribution in [-0.4, -0.2) is 91.4 Å². The van der Waals surface area contributed by atoms with Gasteiger partial charge in [0.25, 0.3) is 0 Å². The molecule has 4 atom stereocenters. The lowest BCUT2D eigenvalue weighted by molar-refractivity contribution is -0.870. The van der Waals surface area contributed by atoms with Gasteiger partial charge in [0.1, 0.15) is 19.8 Å². The van der Waals surface area contributed by atoms with Crippen LogP contribution in [0.5, 0.6) is 0 Å². The number of ether oxygens (including phenoxy) is 2. The van der Waals surface area contributed by atoms with Crippen LogP contribution in [0.1, 0.15) is 174 Å². The number of rotatable bonds is 40. The van der Waals surface area contributed by atoms with E-state index in [2.05, 4.69) is 32.1 Å². The lowest BCUT2D eigenvalue weighted by Crippen LogP contribution is -2.37. The molecule has 0 saturated heterocycles. The molecule has 0 aliphatic heterocycles. The molecule has 0 aliphatic rings. The van der Waals surface area contributed by atoms with Gasteiger partial charge in [0, 0.05) is 6.42 Å². The number of unbranched alkanes of at least 4 members (excludes halogenated alkanes) is 18. The van der Waals surface area contributed by atoms with E-state index in [1.807, 2.05) is 33.3 Å². The minimum Gasteiger partial charge on any atom is -0.492 e. The molecule has 11 heteroatoms. The van der Waals surface area contributed by atoms with Gasteiger partial charge in [0.05, 0.1) is 46.2 Å². The Morgan fingerprint density at radius 1 is 0.636 bits per heavy atom. The van der Waals surface area contributed by atoms with E-state index in [0.29, 0.717) is 30.3 Å². The topological polar surface area (TPSA) is 132 Å². The van der Waals surface area contributed by atoms with Gasteiger partial charge in [-0.3, -0.25) is 13.8 Å². The van der Waals surface area contributed by atoms with E-state index in [4.69, 9.17) is 18.5 Å². The van der Waals surface area contributed by atoms with Gasteiger partial charge in [-0.1, -0.05) is 122 Å². The van der Waals surface area contributed by atoms with Crippen molar-refractivity contribution in [3.63, 3.8) is 0 Å². The van der Waals surface area contributed by atoms with Gasteiger partial charge >= 0.3 is 13.8 Å². The molecule has 0 aromatic heterocycles. The quantitative estimate of drug-likeness (QED) is 0.0138. The molecule has 324 valence electrons. The zero-order chi connectivity index (χ0) is 40.9. The van der Waals surface area contributed by atoms with Crippen LogP contribution in [0, 0.1) is 0 Å². The van der Waals surface area contributed by atoms with E-state index in [9.17, 15) is 24.5 Å². The van der Waals surface area contributed by atoms with Gasteiger partial charge < -0.3 is 29.1 Å². The monoisotopic (exact) mass is 803 g/mol. The van der Waals surface area contributed by atoms with Crippen LogP contribution in [0.25, 0.3) is 0 Å². The summed E-state index contributed by atoms with van der Waals surface area (Å²) in [5.41, 5.74) is 0. The molecule has 10 nitrogen and oxygen atoms in total. The minimum atomic E-state index is -4.30. The molecule has 3 N–H and O–H groups in total. The van der Waals surface area contributed by atoms with Gasteiger partial charge in [-0.05, 0) is 76.7 Å². The number of quaternary nitrogens is 1. The van der Waals surface area contributed by atoms with Crippen LogP contribution < -0.4 is 0 Å². The fourth-order valence-corrected chi connectivity index (χ4v) is 6.53. The molecule has 0 heterocycles. The molecule has 0 aromatic rings. The third-order valence-corrected chi connectivity index (χ3v) is 10.4. The number of phosphoric ester groups is 1. The van der Waals surface area contributed by atoms with Gasteiger partial charge in [-0.25, -0.2) is 4.57 Å². The van der Waals surface area contributed by atoms with Crippen molar-refractivity contribution in [3.8, 4) is 0 Å². The van der Waals surface area contributed by atoms with E-state index in [-0.39, 0.29) is 32.2 Å². The predicted molar refractivity (Wildman–Crippen MR) is 227 cm³/mol. The first-order valence-electron chi connectivity index (χ1n) is 21.9. The van der Waals surface area contributed by atoms with Gasteiger partial charge in [-0.15, -0.1) is 0 Å². The Kier molecular flexibility index (Phi) is 35.8. The molecule has 0 spiro atoms. The third-order valence-electron chi connectivity index (χ3n) is 9.46. The van der Waals surface area contributed by atoms with Crippen molar-refractivity contribution in [2.45, 2.75) is 193 Å². The highest BCUT2D eigenvalue weighted by atomic mass is 31.2. The highest BCUT2D eigenvalue weighted by Crippen LogP contribution is 2.43. The number of nitrogens with zero attached hydrogens (tertiary/aromatic N) is 1. The Labute approximate surface area is 337 Å². The van der Waals surface area contributed by atoms with Crippen molar-refractivity contribution < 1.29 is 47.5 Å². The van der Waals surface area contributed by atoms with Crippen LogP contribution in [0.2, 0.25) is 0 Å². The molecule has 0 bridgehead atoms. The van der Waals surface area contributed by atoms with E-state index < -0.39 is 26.1 Å². The Morgan fingerprint density at radius 2 is 1.15 bits per heavy atom. The Bertz CT molecular complexity index is 1010. The molecule has 0 rings (SSSR count). The SMILES string of the molecule is CCCCC/C=C\C[C@@H](O)[C@H](O)CCCCCCCC(=O)OC[C@H](COP(=O)(O)OCC[N+](C)(C)C)O/C=C/CCCCCC/C=C\CCCCCCCC. The zero-order valence-electron chi connectivity index (χ0n) is 35.9. The Hall–Kier alpha value is -1.52. The van der Waals surface area contributed by atoms with Crippen LogP contribution in [0.3, 0.4) is 0 Å². The molecule has 0 aromatic carbocycles. The Balaban J connectivity index is 4.43. The highest BCUT2D eigenvalue weighted by molar-refractivity contribution is 7.47. The largest absolute Gasteiger partial charge is 0.492 e. The summed E-state index contributed by atoms with van der Waals surface area (Å²) < 4.78 is 34.6. The molecule has 0 radical (unpaired) electrons. The summed E-state index contributed by atoms with van der Waals surface area (Å²) in [6.07, 6.45) is 35.8. The Morgan fingerprint density at radius 3 is 1.76 bits per heavy atom. The molecule has 0 aliphatic carbocycles. The highest BCUT2D eigenvalue weighted by Gasteiger charge is 2.25. The van der Waals surface area contributed by atoms with Crippen molar-refractivity contribution >= 4 is 13.8 Å². The first-order chi connectivity index (χ1) is 26.4. The second-order valence-electron chi connectivity index (χ2n) is 16.1. The normalized spacial score (nSPS) is 15.2. The van der Waals surface area contributed by atoms with Crippen molar-refractivity contribution in [1.82, 2.24) is 0 Å². The fraction of sp³-hybridized carbons (Fsp3) is 0.841.